The van der Waals surface area contributed by atoms with Gasteiger partial charge in [0.25, 0.3) is 6.47 Å². The van der Waals surface area contributed by atoms with E-state index in [1.165, 1.54) is 0 Å². The predicted octanol–water partition coefficient (Wildman–Crippen LogP) is 1.35. The van der Waals surface area contributed by atoms with Crippen LogP contribution in [0.25, 0.3) is 0 Å². The lowest BCUT2D eigenvalue weighted by atomic mass is 10.1. The van der Waals surface area contributed by atoms with Gasteiger partial charge in [-0.25, -0.2) is 0 Å². The van der Waals surface area contributed by atoms with Crippen molar-refractivity contribution >= 4 is 6.47 Å². The number of ether oxygens (including phenoxy) is 1. The SMILES string of the molecule is CCC1(C)CC1OC=O. The molecule has 2 nitrogen and oxygen atoms in total. The highest BCUT2D eigenvalue weighted by molar-refractivity contribution is 5.38. The zero-order valence-corrected chi connectivity index (χ0v) is 5.89. The molecule has 0 bridgehead atoms. The first-order valence-electron chi connectivity index (χ1n) is 3.32. The van der Waals surface area contributed by atoms with Crippen LogP contribution in [0.3, 0.4) is 0 Å². The Morgan fingerprint density at radius 3 is 2.89 bits per heavy atom. The summed E-state index contributed by atoms with van der Waals surface area (Å²) in [6.07, 6.45) is 2.35. The van der Waals surface area contributed by atoms with Crippen LogP contribution in [-0.4, -0.2) is 12.6 Å². The summed E-state index contributed by atoms with van der Waals surface area (Å²) >= 11 is 0. The summed E-state index contributed by atoms with van der Waals surface area (Å²) in [5, 5.41) is 0. The van der Waals surface area contributed by atoms with Crippen LogP contribution < -0.4 is 0 Å². The fourth-order valence-electron chi connectivity index (χ4n) is 1.02. The second-order valence-corrected chi connectivity index (χ2v) is 2.93. The summed E-state index contributed by atoms with van der Waals surface area (Å²) in [4.78, 5) is 9.84. The minimum Gasteiger partial charge on any atom is -0.464 e. The second kappa shape index (κ2) is 2.01. The van der Waals surface area contributed by atoms with Crippen LogP contribution >= 0.6 is 0 Å². The summed E-state index contributed by atoms with van der Waals surface area (Å²) in [6, 6.07) is 0. The summed E-state index contributed by atoms with van der Waals surface area (Å²) in [5.41, 5.74) is 0.306. The molecule has 1 rings (SSSR count). The molecule has 0 amide bonds. The average Bonchev–Trinajstić information content (AvgIpc) is 2.46. The molecule has 2 atom stereocenters. The first-order valence-corrected chi connectivity index (χ1v) is 3.32. The van der Waals surface area contributed by atoms with Crippen molar-refractivity contribution < 1.29 is 9.53 Å². The minimum atomic E-state index is 0.208. The van der Waals surface area contributed by atoms with Crippen molar-refractivity contribution in [1.82, 2.24) is 0 Å². The molecule has 0 saturated heterocycles. The molecule has 52 valence electrons. The van der Waals surface area contributed by atoms with Crippen LogP contribution in [0.5, 0.6) is 0 Å². The third kappa shape index (κ3) is 1.07. The molecule has 2 unspecified atom stereocenters. The van der Waals surface area contributed by atoms with E-state index in [1.54, 1.807) is 0 Å². The van der Waals surface area contributed by atoms with Gasteiger partial charge in [-0.05, 0) is 12.8 Å². The van der Waals surface area contributed by atoms with Gasteiger partial charge in [-0.15, -0.1) is 0 Å². The number of carbonyl (C=O) groups is 1. The summed E-state index contributed by atoms with van der Waals surface area (Å²) < 4.78 is 4.78. The lowest BCUT2D eigenvalue weighted by Gasteiger charge is -2.03. The molecule has 0 aromatic rings. The molecule has 0 N–H and O–H groups in total. The van der Waals surface area contributed by atoms with Crippen LogP contribution in [0.4, 0.5) is 0 Å². The fourth-order valence-corrected chi connectivity index (χ4v) is 1.02. The Kier molecular flexibility index (Phi) is 1.47. The molecule has 0 heterocycles. The molecule has 1 saturated carbocycles. The number of carbonyl (C=O) groups excluding carboxylic acids is 1. The van der Waals surface area contributed by atoms with Crippen molar-refractivity contribution in [2.75, 3.05) is 0 Å². The van der Waals surface area contributed by atoms with E-state index in [9.17, 15) is 4.79 Å². The molecule has 1 aliphatic carbocycles. The van der Waals surface area contributed by atoms with Crippen LogP contribution in [0, 0.1) is 5.41 Å². The van der Waals surface area contributed by atoms with Crippen LogP contribution in [0.1, 0.15) is 26.7 Å². The van der Waals surface area contributed by atoms with Gasteiger partial charge in [0.15, 0.2) is 0 Å². The highest BCUT2D eigenvalue weighted by Gasteiger charge is 2.50. The maximum Gasteiger partial charge on any atom is 0.293 e. The fraction of sp³-hybridized carbons (Fsp3) is 0.857. The molecular weight excluding hydrogens is 116 g/mol. The molecule has 0 radical (unpaired) electrons. The minimum absolute atomic E-state index is 0.208. The number of rotatable bonds is 3. The van der Waals surface area contributed by atoms with E-state index in [2.05, 4.69) is 13.8 Å². The average molecular weight is 128 g/mol. The topological polar surface area (TPSA) is 26.3 Å². The molecule has 9 heavy (non-hydrogen) atoms. The molecule has 0 aromatic heterocycles. The monoisotopic (exact) mass is 128 g/mol. The number of hydrogen-bond acceptors (Lipinski definition) is 2. The molecule has 1 aliphatic rings. The van der Waals surface area contributed by atoms with Gasteiger partial charge in [-0.2, -0.15) is 0 Å². The van der Waals surface area contributed by atoms with Crippen LogP contribution in [-0.2, 0) is 9.53 Å². The van der Waals surface area contributed by atoms with Crippen LogP contribution in [0.15, 0.2) is 0 Å². The maximum absolute atomic E-state index is 9.84. The third-order valence-corrected chi connectivity index (χ3v) is 2.30. The largest absolute Gasteiger partial charge is 0.464 e. The van der Waals surface area contributed by atoms with E-state index in [1.807, 2.05) is 0 Å². The van der Waals surface area contributed by atoms with Crippen molar-refractivity contribution in [3.8, 4) is 0 Å². The summed E-state index contributed by atoms with van der Waals surface area (Å²) in [7, 11) is 0. The van der Waals surface area contributed by atoms with E-state index in [4.69, 9.17) is 4.74 Å². The Balaban J connectivity index is 2.29. The molecule has 0 spiro atoms. The lowest BCUT2D eigenvalue weighted by molar-refractivity contribution is -0.130. The molecule has 0 aliphatic heterocycles. The van der Waals surface area contributed by atoms with Crippen molar-refractivity contribution in [2.45, 2.75) is 32.8 Å². The van der Waals surface area contributed by atoms with Crippen LogP contribution in [0.2, 0.25) is 0 Å². The highest BCUT2D eigenvalue weighted by Crippen LogP contribution is 2.50. The summed E-state index contributed by atoms with van der Waals surface area (Å²) in [5.74, 6) is 0. The zero-order valence-electron chi connectivity index (χ0n) is 5.89. The quantitative estimate of drug-likeness (QED) is 0.536. The van der Waals surface area contributed by atoms with Gasteiger partial charge in [0.05, 0.1) is 0 Å². The Morgan fingerprint density at radius 1 is 1.89 bits per heavy atom. The molecule has 2 heteroatoms. The standard InChI is InChI=1S/C7H12O2/c1-3-7(2)4-6(7)9-5-8/h5-6H,3-4H2,1-2H3. The van der Waals surface area contributed by atoms with Gasteiger partial charge in [-0.3, -0.25) is 4.79 Å². The number of hydrogen-bond donors (Lipinski definition) is 0. The van der Waals surface area contributed by atoms with E-state index in [-0.39, 0.29) is 6.10 Å². The van der Waals surface area contributed by atoms with E-state index in [0.29, 0.717) is 11.9 Å². The van der Waals surface area contributed by atoms with Crippen molar-refractivity contribution in [3.63, 3.8) is 0 Å². The summed E-state index contributed by atoms with van der Waals surface area (Å²) in [6.45, 7) is 4.81. The Morgan fingerprint density at radius 2 is 2.56 bits per heavy atom. The second-order valence-electron chi connectivity index (χ2n) is 2.93. The maximum atomic E-state index is 9.84. The van der Waals surface area contributed by atoms with Crippen molar-refractivity contribution in [3.05, 3.63) is 0 Å². The van der Waals surface area contributed by atoms with E-state index >= 15 is 0 Å². The molecule has 0 aromatic carbocycles. The van der Waals surface area contributed by atoms with Gasteiger partial charge < -0.3 is 4.74 Å². The van der Waals surface area contributed by atoms with Gasteiger partial charge in [0, 0.05) is 5.41 Å². The predicted molar refractivity (Wildman–Crippen MR) is 34.0 cm³/mol. The van der Waals surface area contributed by atoms with Crippen molar-refractivity contribution in [1.29, 1.82) is 0 Å². The van der Waals surface area contributed by atoms with Gasteiger partial charge in [0.1, 0.15) is 6.10 Å². The highest BCUT2D eigenvalue weighted by atomic mass is 16.5. The zero-order chi connectivity index (χ0) is 6.91. The first kappa shape index (κ1) is 6.59. The Hall–Kier alpha value is -0.530. The van der Waals surface area contributed by atoms with E-state index in [0.717, 1.165) is 12.8 Å². The smallest absolute Gasteiger partial charge is 0.293 e. The first-order chi connectivity index (χ1) is 4.23. The Bertz CT molecular complexity index is 122. The van der Waals surface area contributed by atoms with Gasteiger partial charge in [-0.1, -0.05) is 13.8 Å². The lowest BCUT2D eigenvalue weighted by Crippen LogP contribution is -2.02. The molecule has 1 fully saturated rings. The van der Waals surface area contributed by atoms with E-state index < -0.39 is 0 Å². The Labute approximate surface area is 55.2 Å². The van der Waals surface area contributed by atoms with Gasteiger partial charge in [0.2, 0.25) is 0 Å². The normalized spacial score (nSPS) is 40.0. The third-order valence-electron chi connectivity index (χ3n) is 2.30. The van der Waals surface area contributed by atoms with Crippen molar-refractivity contribution in [2.24, 2.45) is 5.41 Å². The molecular formula is C7H12O2. The van der Waals surface area contributed by atoms with Gasteiger partial charge >= 0.3 is 0 Å².